The van der Waals surface area contributed by atoms with Crippen LogP contribution < -0.4 is 15.5 Å². The summed E-state index contributed by atoms with van der Waals surface area (Å²) < 4.78 is 5.40. The summed E-state index contributed by atoms with van der Waals surface area (Å²) in [6.07, 6.45) is 7.63. The first kappa shape index (κ1) is 17.6. The Balaban J connectivity index is 1.22. The van der Waals surface area contributed by atoms with E-state index < -0.39 is 0 Å². The van der Waals surface area contributed by atoms with E-state index in [1.165, 1.54) is 0 Å². The molecule has 9 heteroatoms. The average Bonchev–Trinajstić information content (AvgIpc) is 3.37. The standard InChI is InChI=1S/C21H24N8O/c22-20-27-21(13-30-20)5-9-28(10-6-21)17-12-24-18-15(26-17)11-25-19(18)29-8-2-3-14-16(29)4-1-7-23-14/h1,4,7,12H,2-3,5-6,8-11,13H2,(H2,22,27). The highest BCUT2D eigenvalue weighted by molar-refractivity contribution is 6.11. The summed E-state index contributed by atoms with van der Waals surface area (Å²) in [5.74, 6) is 1.83. The number of piperidine rings is 1. The number of pyridine rings is 1. The lowest BCUT2D eigenvalue weighted by Crippen LogP contribution is -2.44. The summed E-state index contributed by atoms with van der Waals surface area (Å²) in [6, 6.07) is 4.42. The van der Waals surface area contributed by atoms with Crippen molar-refractivity contribution >= 4 is 23.4 Å². The predicted molar refractivity (Wildman–Crippen MR) is 114 cm³/mol. The molecule has 6 heterocycles. The average molecular weight is 404 g/mol. The van der Waals surface area contributed by atoms with Crippen LogP contribution >= 0.6 is 0 Å². The quantitative estimate of drug-likeness (QED) is 0.763. The third-order valence-electron chi connectivity index (χ3n) is 6.48. The van der Waals surface area contributed by atoms with E-state index in [9.17, 15) is 0 Å². The highest BCUT2D eigenvalue weighted by Crippen LogP contribution is 2.33. The molecule has 6 rings (SSSR count). The summed E-state index contributed by atoms with van der Waals surface area (Å²) in [4.78, 5) is 28.1. The van der Waals surface area contributed by atoms with Gasteiger partial charge in [0.05, 0.1) is 29.8 Å². The molecule has 0 aromatic carbocycles. The summed E-state index contributed by atoms with van der Waals surface area (Å²) in [5, 5.41) is 0. The van der Waals surface area contributed by atoms with Gasteiger partial charge in [-0.15, -0.1) is 0 Å². The maximum absolute atomic E-state index is 5.72. The Morgan fingerprint density at radius 2 is 2.00 bits per heavy atom. The Labute approximate surface area is 174 Å². The minimum atomic E-state index is -0.156. The van der Waals surface area contributed by atoms with E-state index in [2.05, 4.69) is 25.8 Å². The van der Waals surface area contributed by atoms with Gasteiger partial charge in [-0.2, -0.15) is 0 Å². The predicted octanol–water partition coefficient (Wildman–Crippen LogP) is 1.27. The Morgan fingerprint density at radius 3 is 2.83 bits per heavy atom. The molecular weight excluding hydrogens is 380 g/mol. The first-order valence-electron chi connectivity index (χ1n) is 10.6. The van der Waals surface area contributed by atoms with E-state index in [4.69, 9.17) is 25.4 Å². The number of hydrogen-bond donors (Lipinski definition) is 1. The molecule has 4 aliphatic rings. The third kappa shape index (κ3) is 2.79. The number of amidine groups is 2. The van der Waals surface area contributed by atoms with E-state index in [-0.39, 0.29) is 5.54 Å². The number of nitrogens with two attached hydrogens (primary N) is 1. The Bertz CT molecular complexity index is 1060. The van der Waals surface area contributed by atoms with Crippen LogP contribution in [0.4, 0.5) is 11.5 Å². The molecule has 0 radical (unpaired) electrons. The van der Waals surface area contributed by atoms with Crippen molar-refractivity contribution in [1.82, 2.24) is 15.0 Å². The number of ether oxygens (including phenoxy) is 1. The maximum Gasteiger partial charge on any atom is 0.282 e. The van der Waals surface area contributed by atoms with Crippen molar-refractivity contribution in [2.24, 2.45) is 15.7 Å². The van der Waals surface area contributed by atoms with Gasteiger partial charge in [-0.3, -0.25) is 9.98 Å². The summed E-state index contributed by atoms with van der Waals surface area (Å²) in [5.41, 5.74) is 9.68. The normalized spacial score (nSPS) is 21.7. The molecule has 0 saturated carbocycles. The molecule has 1 saturated heterocycles. The smallest absolute Gasteiger partial charge is 0.282 e. The lowest BCUT2D eigenvalue weighted by Gasteiger charge is -2.36. The highest BCUT2D eigenvalue weighted by Gasteiger charge is 2.40. The molecule has 2 aromatic rings. The molecule has 0 bridgehead atoms. The molecule has 0 atom stereocenters. The number of hydrogen-bond acceptors (Lipinski definition) is 9. The van der Waals surface area contributed by atoms with Crippen LogP contribution in [0.3, 0.4) is 0 Å². The van der Waals surface area contributed by atoms with E-state index in [1.807, 2.05) is 18.5 Å². The van der Waals surface area contributed by atoms with Gasteiger partial charge in [0.1, 0.15) is 23.7 Å². The fraction of sp³-hybridized carbons (Fsp3) is 0.476. The minimum Gasteiger partial charge on any atom is -0.463 e. The molecule has 0 aliphatic carbocycles. The number of rotatable bonds is 1. The highest BCUT2D eigenvalue weighted by atomic mass is 16.5. The largest absolute Gasteiger partial charge is 0.463 e. The van der Waals surface area contributed by atoms with E-state index in [0.717, 1.165) is 79.7 Å². The lowest BCUT2D eigenvalue weighted by molar-refractivity contribution is 0.221. The van der Waals surface area contributed by atoms with Crippen LogP contribution in [0.15, 0.2) is 34.5 Å². The van der Waals surface area contributed by atoms with Gasteiger partial charge in [-0.25, -0.2) is 15.0 Å². The Morgan fingerprint density at radius 1 is 1.10 bits per heavy atom. The Hall–Kier alpha value is -3.23. The van der Waals surface area contributed by atoms with Gasteiger partial charge in [-0.1, -0.05) is 0 Å². The second kappa shape index (κ2) is 6.65. The van der Waals surface area contributed by atoms with Crippen molar-refractivity contribution in [2.45, 2.75) is 37.8 Å². The summed E-state index contributed by atoms with van der Waals surface area (Å²) in [6.45, 7) is 3.83. The molecule has 1 fully saturated rings. The molecular formula is C21H24N8O. The molecule has 0 unspecified atom stereocenters. The summed E-state index contributed by atoms with van der Waals surface area (Å²) in [7, 11) is 0. The van der Waals surface area contributed by atoms with E-state index >= 15 is 0 Å². The molecule has 9 nitrogen and oxygen atoms in total. The monoisotopic (exact) mass is 404 g/mol. The van der Waals surface area contributed by atoms with Crippen molar-refractivity contribution in [1.29, 1.82) is 0 Å². The van der Waals surface area contributed by atoms with Gasteiger partial charge in [0.25, 0.3) is 6.02 Å². The second-order valence-electron chi connectivity index (χ2n) is 8.34. The second-order valence-corrected chi connectivity index (χ2v) is 8.34. The fourth-order valence-electron chi connectivity index (χ4n) is 4.83. The van der Waals surface area contributed by atoms with Crippen LogP contribution in [0.5, 0.6) is 0 Å². The van der Waals surface area contributed by atoms with Gasteiger partial charge >= 0.3 is 0 Å². The molecule has 2 aromatic heterocycles. The number of aryl methyl sites for hydroxylation is 1. The van der Waals surface area contributed by atoms with Crippen LogP contribution in [0, 0.1) is 0 Å². The number of anilines is 2. The first-order chi connectivity index (χ1) is 14.7. The van der Waals surface area contributed by atoms with Crippen molar-refractivity contribution in [3.05, 3.63) is 41.6 Å². The van der Waals surface area contributed by atoms with Crippen LogP contribution in [-0.2, 0) is 17.7 Å². The van der Waals surface area contributed by atoms with E-state index in [0.29, 0.717) is 19.2 Å². The van der Waals surface area contributed by atoms with E-state index in [1.54, 1.807) is 0 Å². The SMILES string of the molecule is NC1=NC2(CCN(c3cnc4c(n3)CN=C4N3CCCc4ncccc43)CC2)CO1. The van der Waals surface area contributed by atoms with Crippen LogP contribution in [0.2, 0.25) is 0 Å². The van der Waals surface area contributed by atoms with Gasteiger partial charge < -0.3 is 20.3 Å². The molecule has 30 heavy (non-hydrogen) atoms. The van der Waals surface area contributed by atoms with Gasteiger partial charge in [-0.05, 0) is 37.8 Å². The summed E-state index contributed by atoms with van der Waals surface area (Å²) >= 11 is 0. The zero-order valence-electron chi connectivity index (χ0n) is 16.8. The van der Waals surface area contributed by atoms with Gasteiger partial charge in [0, 0.05) is 25.8 Å². The Kier molecular flexibility index (Phi) is 3.90. The molecule has 1 spiro atoms. The van der Waals surface area contributed by atoms with Crippen LogP contribution in [0.25, 0.3) is 0 Å². The van der Waals surface area contributed by atoms with Crippen molar-refractivity contribution in [2.75, 3.05) is 36.0 Å². The van der Waals surface area contributed by atoms with Crippen molar-refractivity contribution in [3.63, 3.8) is 0 Å². The fourth-order valence-corrected chi connectivity index (χ4v) is 4.83. The van der Waals surface area contributed by atoms with Gasteiger partial charge in [0.2, 0.25) is 0 Å². The number of aliphatic imine (C=N–C) groups is 2. The zero-order valence-corrected chi connectivity index (χ0v) is 16.8. The number of nitrogens with zero attached hydrogens (tertiary/aromatic N) is 7. The topological polar surface area (TPSA) is 105 Å². The molecule has 4 aliphatic heterocycles. The third-order valence-corrected chi connectivity index (χ3v) is 6.48. The maximum atomic E-state index is 5.72. The van der Waals surface area contributed by atoms with Gasteiger partial charge in [0.15, 0.2) is 5.84 Å². The lowest BCUT2D eigenvalue weighted by atomic mass is 9.89. The van der Waals surface area contributed by atoms with Crippen LogP contribution in [-0.4, -0.2) is 58.6 Å². The van der Waals surface area contributed by atoms with Crippen LogP contribution in [0.1, 0.15) is 36.3 Å². The zero-order chi connectivity index (χ0) is 20.1. The molecule has 2 N–H and O–H groups in total. The van der Waals surface area contributed by atoms with Crippen molar-refractivity contribution in [3.8, 4) is 0 Å². The number of fused-ring (bicyclic) bond motifs is 2. The van der Waals surface area contributed by atoms with Crippen molar-refractivity contribution < 1.29 is 4.74 Å². The number of aromatic nitrogens is 3. The molecule has 154 valence electrons. The first-order valence-corrected chi connectivity index (χ1v) is 10.6. The minimum absolute atomic E-state index is 0.156. The molecule has 0 amide bonds.